The molecule has 0 rings (SSSR count). The van der Waals surface area contributed by atoms with E-state index in [-0.39, 0.29) is 36.6 Å². The first-order chi connectivity index (χ1) is 19.7. The topological polar surface area (TPSA) is 209 Å². The summed E-state index contributed by atoms with van der Waals surface area (Å²) in [5, 5.41) is 33.8. The van der Waals surface area contributed by atoms with Gasteiger partial charge in [-0.1, -0.05) is 97.8 Å². The van der Waals surface area contributed by atoms with E-state index in [9.17, 15) is 28.8 Å². The number of aliphatic hydroxyl groups is 1. The SMILES string of the molecule is CCCCCCCC(=O)C(N)(C(=O)CCCCCCC)C(=O)CCCCCCC.O=C(O)CC(O)(CC(=O)O)C(=O)O. The molecule has 0 saturated heterocycles. The van der Waals surface area contributed by atoms with Crippen molar-refractivity contribution in [2.45, 2.75) is 160 Å². The number of hydrogen-bond acceptors (Lipinski definition) is 8. The highest BCUT2D eigenvalue weighted by Gasteiger charge is 2.46. The van der Waals surface area contributed by atoms with E-state index in [2.05, 4.69) is 20.8 Å². The van der Waals surface area contributed by atoms with E-state index in [0.29, 0.717) is 19.3 Å². The van der Waals surface area contributed by atoms with Gasteiger partial charge in [0.25, 0.3) is 0 Å². The first-order valence-electron chi connectivity index (χ1n) is 15.5. The molecule has 0 atom stereocenters. The predicted molar refractivity (Wildman–Crippen MR) is 159 cm³/mol. The fourth-order valence-electron chi connectivity index (χ4n) is 4.44. The van der Waals surface area contributed by atoms with Gasteiger partial charge in [-0.3, -0.25) is 24.0 Å². The Bertz CT molecular complexity index is 759. The van der Waals surface area contributed by atoms with Crippen molar-refractivity contribution in [2.75, 3.05) is 0 Å². The first kappa shape index (κ1) is 41.5. The maximum Gasteiger partial charge on any atom is 0.336 e. The fourth-order valence-corrected chi connectivity index (χ4v) is 4.44. The summed E-state index contributed by atoms with van der Waals surface area (Å²) in [6, 6.07) is 0. The number of nitrogens with two attached hydrogens (primary N) is 1. The lowest BCUT2D eigenvalue weighted by Gasteiger charge is -2.25. The summed E-state index contributed by atoms with van der Waals surface area (Å²) in [5.41, 5.74) is 1.66. The number of carbonyl (C=O) groups excluding carboxylic acids is 3. The van der Waals surface area contributed by atoms with Gasteiger partial charge in [-0.2, -0.15) is 0 Å². The van der Waals surface area contributed by atoms with E-state index in [0.717, 1.165) is 77.0 Å². The lowest BCUT2D eigenvalue weighted by atomic mass is 9.79. The average molecular weight is 602 g/mol. The van der Waals surface area contributed by atoms with Crippen LogP contribution < -0.4 is 5.73 Å². The molecule has 11 nitrogen and oxygen atoms in total. The van der Waals surface area contributed by atoms with Crippen molar-refractivity contribution in [1.29, 1.82) is 0 Å². The van der Waals surface area contributed by atoms with Crippen LogP contribution in [0.25, 0.3) is 0 Å². The summed E-state index contributed by atoms with van der Waals surface area (Å²) >= 11 is 0. The molecular weight excluding hydrogens is 546 g/mol. The monoisotopic (exact) mass is 601 g/mol. The van der Waals surface area contributed by atoms with Crippen molar-refractivity contribution < 1.29 is 49.2 Å². The van der Waals surface area contributed by atoms with Crippen LogP contribution in [0.15, 0.2) is 0 Å². The normalized spacial score (nSPS) is 11.4. The van der Waals surface area contributed by atoms with Crippen molar-refractivity contribution in [2.24, 2.45) is 5.73 Å². The molecule has 6 N–H and O–H groups in total. The molecule has 0 spiro atoms. The van der Waals surface area contributed by atoms with Crippen LogP contribution in [-0.4, -0.2) is 66.8 Å². The lowest BCUT2D eigenvalue weighted by molar-refractivity contribution is -0.170. The van der Waals surface area contributed by atoms with Crippen LogP contribution in [0.5, 0.6) is 0 Å². The first-order valence-corrected chi connectivity index (χ1v) is 15.5. The Morgan fingerprint density at radius 1 is 0.500 bits per heavy atom. The second kappa shape index (κ2) is 23.9. The number of carboxylic acid groups (broad SMARTS) is 3. The summed E-state index contributed by atoms with van der Waals surface area (Å²) in [4.78, 5) is 69.1. The highest BCUT2D eigenvalue weighted by Crippen LogP contribution is 2.20. The zero-order chi connectivity index (χ0) is 32.6. The lowest BCUT2D eigenvalue weighted by Crippen LogP contribution is -2.61. The van der Waals surface area contributed by atoms with Crippen molar-refractivity contribution in [1.82, 2.24) is 0 Å². The van der Waals surface area contributed by atoms with Crippen LogP contribution in [0.1, 0.15) is 149 Å². The fraction of sp³-hybridized carbons (Fsp3) is 0.806. The Kier molecular flexibility index (Phi) is 23.6. The highest BCUT2D eigenvalue weighted by molar-refractivity contribution is 6.29. The van der Waals surface area contributed by atoms with Crippen molar-refractivity contribution in [3.63, 3.8) is 0 Å². The molecule has 0 bridgehead atoms. The van der Waals surface area contributed by atoms with Gasteiger partial charge in [0.1, 0.15) is 0 Å². The minimum absolute atomic E-state index is 0.239. The van der Waals surface area contributed by atoms with Crippen molar-refractivity contribution in [3.05, 3.63) is 0 Å². The molecule has 0 amide bonds. The van der Waals surface area contributed by atoms with Crippen LogP contribution in [0.2, 0.25) is 0 Å². The molecule has 0 radical (unpaired) electrons. The Hall–Kier alpha value is -2.66. The summed E-state index contributed by atoms with van der Waals surface area (Å²) in [7, 11) is 0. The number of rotatable bonds is 26. The summed E-state index contributed by atoms with van der Waals surface area (Å²) < 4.78 is 0. The van der Waals surface area contributed by atoms with Crippen LogP contribution in [0, 0.1) is 0 Å². The molecule has 0 aliphatic rings. The standard InChI is InChI=1S/C25H47NO3.C6H8O7/c1-4-7-10-13-16-19-22(27)25(26,23(28)20-17-14-11-8-5-2)24(29)21-18-15-12-9-6-3;7-3(8)1-6(13,5(11)12)2-4(9)10/h4-21,26H2,1-3H3;13H,1-2H2,(H,7,8)(H,9,10)(H,11,12). The third-order valence-electron chi connectivity index (χ3n) is 7.13. The van der Waals surface area contributed by atoms with E-state index >= 15 is 0 Å². The zero-order valence-electron chi connectivity index (χ0n) is 26.0. The molecule has 0 saturated carbocycles. The van der Waals surface area contributed by atoms with E-state index in [4.69, 9.17) is 26.2 Å². The van der Waals surface area contributed by atoms with Gasteiger partial charge in [-0.15, -0.1) is 0 Å². The van der Waals surface area contributed by atoms with Gasteiger partial charge in [0.2, 0.25) is 0 Å². The van der Waals surface area contributed by atoms with Gasteiger partial charge in [-0.25, -0.2) is 4.79 Å². The third-order valence-corrected chi connectivity index (χ3v) is 7.13. The van der Waals surface area contributed by atoms with Gasteiger partial charge in [0.15, 0.2) is 28.5 Å². The van der Waals surface area contributed by atoms with Gasteiger partial charge in [0, 0.05) is 19.3 Å². The third kappa shape index (κ3) is 18.0. The molecule has 0 fully saturated rings. The smallest absolute Gasteiger partial charge is 0.336 e. The van der Waals surface area contributed by atoms with Crippen LogP contribution in [0.3, 0.4) is 0 Å². The summed E-state index contributed by atoms with van der Waals surface area (Å²) in [6.45, 7) is 6.44. The Labute approximate surface area is 250 Å². The number of carboxylic acids is 3. The molecule has 0 aliphatic carbocycles. The minimum atomic E-state index is -2.74. The van der Waals surface area contributed by atoms with E-state index in [1.54, 1.807) is 0 Å². The average Bonchev–Trinajstić information content (AvgIpc) is 2.91. The molecule has 0 aromatic carbocycles. The van der Waals surface area contributed by atoms with E-state index in [1.807, 2.05) is 0 Å². The Balaban J connectivity index is 0. The molecule has 0 unspecified atom stereocenters. The second-order valence-corrected chi connectivity index (χ2v) is 11.0. The molecule has 0 heterocycles. The molecule has 0 aromatic heterocycles. The molecule has 11 heteroatoms. The molecule has 0 aromatic rings. The van der Waals surface area contributed by atoms with Crippen molar-refractivity contribution in [3.8, 4) is 0 Å². The Morgan fingerprint density at radius 3 is 0.976 bits per heavy atom. The van der Waals surface area contributed by atoms with Gasteiger partial charge in [-0.05, 0) is 19.3 Å². The van der Waals surface area contributed by atoms with Crippen LogP contribution >= 0.6 is 0 Å². The summed E-state index contributed by atoms with van der Waals surface area (Å²) in [5.74, 6) is -6.09. The minimum Gasteiger partial charge on any atom is -0.481 e. The molecule has 42 heavy (non-hydrogen) atoms. The number of aliphatic carboxylic acids is 3. The Morgan fingerprint density at radius 2 is 0.762 bits per heavy atom. The van der Waals surface area contributed by atoms with E-state index < -0.39 is 41.9 Å². The summed E-state index contributed by atoms with van der Waals surface area (Å²) in [6.07, 6.45) is 13.5. The number of carbonyl (C=O) groups is 6. The quantitative estimate of drug-likeness (QED) is 0.0640. The number of unbranched alkanes of at least 4 members (excludes halogenated alkanes) is 12. The van der Waals surface area contributed by atoms with E-state index in [1.165, 1.54) is 0 Å². The predicted octanol–water partition coefficient (Wildman–Crippen LogP) is 5.22. The highest BCUT2D eigenvalue weighted by atomic mass is 16.4. The number of hydrogen-bond donors (Lipinski definition) is 5. The van der Waals surface area contributed by atoms with Gasteiger partial charge in [0.05, 0.1) is 12.8 Å². The van der Waals surface area contributed by atoms with Gasteiger partial charge >= 0.3 is 17.9 Å². The zero-order valence-corrected chi connectivity index (χ0v) is 26.0. The van der Waals surface area contributed by atoms with Crippen LogP contribution in [-0.2, 0) is 28.8 Å². The largest absolute Gasteiger partial charge is 0.481 e. The molecule has 0 aliphatic heterocycles. The second-order valence-electron chi connectivity index (χ2n) is 11.0. The molecule has 244 valence electrons. The number of ketones is 3. The maximum absolute atomic E-state index is 12.9. The van der Waals surface area contributed by atoms with Crippen molar-refractivity contribution >= 4 is 35.3 Å². The van der Waals surface area contributed by atoms with Gasteiger partial charge < -0.3 is 26.2 Å². The number of Topliss-reactive ketones (excluding diaryl/α,β-unsaturated/α-hetero) is 3. The molecular formula is C31H55NO10. The maximum atomic E-state index is 12.9. The van der Waals surface area contributed by atoms with Crippen LogP contribution in [0.4, 0.5) is 0 Å².